The summed E-state index contributed by atoms with van der Waals surface area (Å²) in [6, 6.07) is 5.34. The summed E-state index contributed by atoms with van der Waals surface area (Å²) in [5.41, 5.74) is 5.97. The Kier molecular flexibility index (Phi) is 5.46. The number of benzene rings is 1. The molecule has 19 heavy (non-hydrogen) atoms. The molecule has 1 unspecified atom stereocenters. The maximum absolute atomic E-state index is 12.2. The highest BCUT2D eigenvalue weighted by molar-refractivity contribution is 9.10. The van der Waals surface area contributed by atoms with Crippen LogP contribution in [0.15, 0.2) is 22.7 Å². The zero-order valence-electron chi connectivity index (χ0n) is 11.1. The van der Waals surface area contributed by atoms with E-state index in [0.29, 0.717) is 17.7 Å². The lowest BCUT2D eigenvalue weighted by Gasteiger charge is -2.25. The predicted octanol–water partition coefficient (Wildman–Crippen LogP) is 2.84. The lowest BCUT2D eigenvalue weighted by molar-refractivity contribution is -0.136. The fourth-order valence-electron chi connectivity index (χ4n) is 1.49. The minimum absolute atomic E-state index is 0.229. The molecule has 6 heteroatoms. The number of carbonyl (C=O) groups excluding carboxylic acids is 1. The van der Waals surface area contributed by atoms with Gasteiger partial charge in [0.2, 0.25) is 0 Å². The van der Waals surface area contributed by atoms with Crippen LogP contribution >= 0.6 is 28.1 Å². The van der Waals surface area contributed by atoms with Gasteiger partial charge in [0.15, 0.2) is 0 Å². The van der Waals surface area contributed by atoms with Crippen molar-refractivity contribution in [1.82, 2.24) is 0 Å². The Morgan fingerprint density at radius 2 is 2.21 bits per heavy atom. The van der Waals surface area contributed by atoms with Crippen molar-refractivity contribution in [2.75, 3.05) is 12.4 Å². The minimum Gasteiger partial charge on any atom is -0.389 e. The second-order valence-corrected chi connectivity index (χ2v) is 5.65. The summed E-state index contributed by atoms with van der Waals surface area (Å²) in [4.78, 5) is 12.5. The van der Waals surface area contributed by atoms with E-state index >= 15 is 0 Å². The number of ether oxygens (including phenoxy) is 1. The molecule has 1 aromatic rings. The molecular weight excluding hydrogens is 328 g/mol. The molecule has 4 nitrogen and oxygen atoms in total. The molecule has 1 amide bonds. The van der Waals surface area contributed by atoms with Crippen LogP contribution in [-0.4, -0.2) is 23.6 Å². The van der Waals surface area contributed by atoms with Gasteiger partial charge in [0.1, 0.15) is 10.6 Å². The van der Waals surface area contributed by atoms with Gasteiger partial charge in [-0.1, -0.05) is 35.1 Å². The van der Waals surface area contributed by atoms with E-state index in [4.69, 9.17) is 22.7 Å². The van der Waals surface area contributed by atoms with E-state index in [1.54, 1.807) is 19.1 Å². The summed E-state index contributed by atoms with van der Waals surface area (Å²) < 4.78 is 6.10. The number of carbonyl (C=O) groups is 1. The van der Waals surface area contributed by atoms with Gasteiger partial charge in [0, 0.05) is 17.1 Å². The third-order valence-electron chi connectivity index (χ3n) is 3.10. The van der Waals surface area contributed by atoms with E-state index < -0.39 is 5.60 Å². The van der Waals surface area contributed by atoms with Crippen LogP contribution in [0.5, 0.6) is 0 Å². The molecule has 0 aliphatic heterocycles. The van der Waals surface area contributed by atoms with Crippen LogP contribution in [-0.2, 0) is 9.53 Å². The Balaban J connectivity index is 3.08. The first-order chi connectivity index (χ1) is 8.84. The Labute approximate surface area is 126 Å². The minimum atomic E-state index is -0.879. The Morgan fingerprint density at radius 1 is 1.58 bits per heavy atom. The molecule has 0 saturated carbocycles. The highest BCUT2D eigenvalue weighted by Gasteiger charge is 2.31. The number of nitrogens with two attached hydrogens (primary N) is 1. The maximum Gasteiger partial charge on any atom is 0.256 e. The zero-order valence-corrected chi connectivity index (χ0v) is 13.5. The van der Waals surface area contributed by atoms with E-state index in [1.165, 1.54) is 7.11 Å². The SMILES string of the molecule is CCC(C)(OC)C(=O)Nc1cc(Br)ccc1C(N)=S. The highest BCUT2D eigenvalue weighted by Crippen LogP contribution is 2.24. The van der Waals surface area contributed by atoms with Crippen LogP contribution in [0.4, 0.5) is 5.69 Å². The zero-order chi connectivity index (χ0) is 14.6. The van der Waals surface area contributed by atoms with Gasteiger partial charge >= 0.3 is 0 Å². The number of rotatable bonds is 5. The predicted molar refractivity (Wildman–Crippen MR) is 84.4 cm³/mol. The number of hydrogen-bond acceptors (Lipinski definition) is 3. The molecular formula is C13H17BrN2O2S. The first-order valence-corrected chi connectivity index (χ1v) is 7.00. The highest BCUT2D eigenvalue weighted by atomic mass is 79.9. The molecule has 104 valence electrons. The number of methoxy groups -OCH3 is 1. The third-order valence-corrected chi connectivity index (χ3v) is 3.81. The molecule has 0 bridgehead atoms. The molecule has 0 spiro atoms. The van der Waals surface area contributed by atoms with Crippen LogP contribution in [0.25, 0.3) is 0 Å². The van der Waals surface area contributed by atoms with Gasteiger partial charge in [0.05, 0.1) is 5.69 Å². The number of nitrogens with one attached hydrogen (secondary N) is 1. The molecule has 1 atom stereocenters. The molecule has 3 N–H and O–H groups in total. The molecule has 0 aromatic heterocycles. The van der Waals surface area contributed by atoms with Crippen LogP contribution in [0.1, 0.15) is 25.8 Å². The summed E-state index contributed by atoms with van der Waals surface area (Å²) in [6.45, 7) is 3.62. The molecule has 0 aliphatic carbocycles. The molecule has 0 heterocycles. The summed E-state index contributed by atoms with van der Waals surface area (Å²) in [5, 5.41) is 2.81. The first kappa shape index (κ1) is 16.1. The second-order valence-electron chi connectivity index (χ2n) is 4.30. The van der Waals surface area contributed by atoms with Gasteiger partial charge in [0.25, 0.3) is 5.91 Å². The molecule has 1 rings (SSSR count). The van der Waals surface area contributed by atoms with Crippen molar-refractivity contribution < 1.29 is 9.53 Å². The average molecular weight is 345 g/mol. The van der Waals surface area contributed by atoms with Gasteiger partial charge in [-0.15, -0.1) is 0 Å². The standard InChI is InChI=1S/C13H17BrN2O2S/c1-4-13(2,18-3)12(17)16-10-7-8(14)5-6-9(10)11(15)19/h5-7H,4H2,1-3H3,(H2,15,19)(H,16,17). The van der Waals surface area contributed by atoms with E-state index in [0.717, 1.165) is 4.47 Å². The lowest BCUT2D eigenvalue weighted by Crippen LogP contribution is -2.41. The van der Waals surface area contributed by atoms with E-state index in [9.17, 15) is 4.79 Å². The largest absolute Gasteiger partial charge is 0.389 e. The molecule has 0 radical (unpaired) electrons. The van der Waals surface area contributed by atoms with E-state index in [-0.39, 0.29) is 10.9 Å². The van der Waals surface area contributed by atoms with Crippen molar-refractivity contribution in [2.45, 2.75) is 25.9 Å². The third kappa shape index (κ3) is 3.75. The Morgan fingerprint density at radius 3 is 2.68 bits per heavy atom. The van der Waals surface area contributed by atoms with Gasteiger partial charge < -0.3 is 15.8 Å². The van der Waals surface area contributed by atoms with Crippen molar-refractivity contribution in [2.24, 2.45) is 5.73 Å². The monoisotopic (exact) mass is 344 g/mol. The van der Waals surface area contributed by atoms with Crippen molar-refractivity contribution in [3.05, 3.63) is 28.2 Å². The summed E-state index contributed by atoms with van der Waals surface area (Å²) in [5.74, 6) is -0.229. The summed E-state index contributed by atoms with van der Waals surface area (Å²) in [6.07, 6.45) is 0.561. The van der Waals surface area contributed by atoms with Crippen LogP contribution in [0, 0.1) is 0 Å². The fraction of sp³-hybridized carbons (Fsp3) is 0.385. The van der Waals surface area contributed by atoms with Crippen LogP contribution < -0.4 is 11.1 Å². The Hall–Kier alpha value is -0.980. The maximum atomic E-state index is 12.2. The average Bonchev–Trinajstić information content (AvgIpc) is 2.37. The smallest absolute Gasteiger partial charge is 0.256 e. The molecule has 0 fully saturated rings. The normalized spacial score (nSPS) is 13.7. The summed E-state index contributed by atoms with van der Waals surface area (Å²) >= 11 is 8.33. The van der Waals surface area contributed by atoms with E-state index in [1.807, 2.05) is 13.0 Å². The number of hydrogen-bond donors (Lipinski definition) is 2. The summed E-state index contributed by atoms with van der Waals surface area (Å²) in [7, 11) is 1.51. The number of halogens is 1. The van der Waals surface area contributed by atoms with Gasteiger partial charge in [-0.05, 0) is 31.5 Å². The van der Waals surface area contributed by atoms with Gasteiger partial charge in [-0.2, -0.15) is 0 Å². The van der Waals surface area contributed by atoms with Crippen molar-refractivity contribution in [1.29, 1.82) is 0 Å². The Bertz CT molecular complexity index is 501. The number of amides is 1. The molecule has 0 aliphatic rings. The van der Waals surface area contributed by atoms with Crippen LogP contribution in [0.3, 0.4) is 0 Å². The van der Waals surface area contributed by atoms with Gasteiger partial charge in [-0.25, -0.2) is 0 Å². The van der Waals surface area contributed by atoms with Gasteiger partial charge in [-0.3, -0.25) is 4.79 Å². The van der Waals surface area contributed by atoms with Crippen molar-refractivity contribution in [3.63, 3.8) is 0 Å². The van der Waals surface area contributed by atoms with Crippen LogP contribution in [0.2, 0.25) is 0 Å². The number of thiocarbonyl (C=S) groups is 1. The van der Waals surface area contributed by atoms with E-state index in [2.05, 4.69) is 21.2 Å². The molecule has 1 aromatic carbocycles. The molecule has 0 saturated heterocycles. The lowest BCUT2D eigenvalue weighted by atomic mass is 10.0. The topological polar surface area (TPSA) is 64.3 Å². The quantitative estimate of drug-likeness (QED) is 0.806. The fourth-order valence-corrected chi connectivity index (χ4v) is 2.03. The van der Waals surface area contributed by atoms with Crippen molar-refractivity contribution >= 4 is 44.7 Å². The number of anilines is 1. The van der Waals surface area contributed by atoms with Crippen molar-refractivity contribution in [3.8, 4) is 0 Å². The second kappa shape index (κ2) is 6.45. The first-order valence-electron chi connectivity index (χ1n) is 5.80.